The lowest BCUT2D eigenvalue weighted by Crippen LogP contribution is -2.19. The van der Waals surface area contributed by atoms with E-state index in [1.54, 1.807) is 0 Å². The van der Waals surface area contributed by atoms with E-state index < -0.39 is 6.10 Å². The van der Waals surface area contributed by atoms with Gasteiger partial charge >= 0.3 is 0 Å². The number of hydrogen-bond acceptors (Lipinski definition) is 2. The van der Waals surface area contributed by atoms with E-state index in [-0.39, 0.29) is 12.5 Å². The standard InChI is InChI=1S/C10H14O2/c1-8(10(12)7-11)9-5-3-2-4-6-9/h2-6,8,10-12H,7H2,1H3/t8-,10+/m1/s1. The SMILES string of the molecule is C[C@H](c1ccccc1)[C@@H](O)CO. The number of hydrogen-bond donors (Lipinski definition) is 2. The molecule has 0 aliphatic rings. The van der Waals surface area contributed by atoms with Gasteiger partial charge in [0, 0.05) is 5.92 Å². The molecular weight excluding hydrogens is 152 g/mol. The van der Waals surface area contributed by atoms with Gasteiger partial charge in [-0.3, -0.25) is 0 Å². The summed E-state index contributed by atoms with van der Waals surface area (Å²) < 4.78 is 0. The van der Waals surface area contributed by atoms with Gasteiger partial charge in [-0.25, -0.2) is 0 Å². The van der Waals surface area contributed by atoms with Crippen LogP contribution in [0.1, 0.15) is 18.4 Å². The van der Waals surface area contributed by atoms with Crippen molar-refractivity contribution in [2.75, 3.05) is 6.61 Å². The summed E-state index contributed by atoms with van der Waals surface area (Å²) in [6.45, 7) is 1.71. The predicted octanol–water partition coefficient (Wildman–Crippen LogP) is 1.14. The lowest BCUT2D eigenvalue weighted by Gasteiger charge is -2.16. The third-order valence-electron chi connectivity index (χ3n) is 2.09. The topological polar surface area (TPSA) is 40.5 Å². The second kappa shape index (κ2) is 4.24. The fourth-order valence-corrected chi connectivity index (χ4v) is 1.14. The van der Waals surface area contributed by atoms with Crippen molar-refractivity contribution in [3.63, 3.8) is 0 Å². The highest BCUT2D eigenvalue weighted by Crippen LogP contribution is 2.17. The first-order chi connectivity index (χ1) is 5.75. The Morgan fingerprint density at radius 2 is 1.83 bits per heavy atom. The van der Waals surface area contributed by atoms with Crippen molar-refractivity contribution >= 4 is 0 Å². The summed E-state index contributed by atoms with van der Waals surface area (Å²) in [4.78, 5) is 0. The summed E-state index contributed by atoms with van der Waals surface area (Å²) in [6.07, 6.45) is -0.660. The number of aliphatic hydroxyl groups is 2. The highest BCUT2D eigenvalue weighted by atomic mass is 16.3. The highest BCUT2D eigenvalue weighted by molar-refractivity contribution is 5.19. The third-order valence-corrected chi connectivity index (χ3v) is 2.09. The van der Waals surface area contributed by atoms with Gasteiger partial charge in [0.15, 0.2) is 0 Å². The Morgan fingerprint density at radius 3 is 2.33 bits per heavy atom. The lowest BCUT2D eigenvalue weighted by atomic mass is 9.96. The van der Waals surface area contributed by atoms with Gasteiger partial charge in [-0.1, -0.05) is 37.3 Å². The fourth-order valence-electron chi connectivity index (χ4n) is 1.14. The molecule has 2 atom stereocenters. The first-order valence-corrected chi connectivity index (χ1v) is 4.09. The monoisotopic (exact) mass is 166 g/mol. The molecule has 0 heterocycles. The van der Waals surface area contributed by atoms with E-state index >= 15 is 0 Å². The second-order valence-corrected chi connectivity index (χ2v) is 2.95. The molecule has 0 amide bonds. The van der Waals surface area contributed by atoms with Crippen LogP contribution in [0.2, 0.25) is 0 Å². The summed E-state index contributed by atoms with van der Waals surface area (Å²) in [7, 11) is 0. The zero-order valence-corrected chi connectivity index (χ0v) is 7.14. The van der Waals surface area contributed by atoms with E-state index in [0.29, 0.717) is 0 Å². The molecule has 1 rings (SSSR count). The zero-order valence-electron chi connectivity index (χ0n) is 7.14. The van der Waals surface area contributed by atoms with Crippen molar-refractivity contribution in [2.24, 2.45) is 0 Å². The third kappa shape index (κ3) is 2.06. The average Bonchev–Trinajstić information content (AvgIpc) is 2.17. The fraction of sp³-hybridized carbons (Fsp3) is 0.400. The lowest BCUT2D eigenvalue weighted by molar-refractivity contribution is 0.0772. The van der Waals surface area contributed by atoms with Crippen molar-refractivity contribution in [1.29, 1.82) is 0 Å². The molecular formula is C10H14O2. The summed E-state index contributed by atoms with van der Waals surface area (Å²) in [5, 5.41) is 18.0. The molecule has 2 heteroatoms. The van der Waals surface area contributed by atoms with Gasteiger partial charge in [0.25, 0.3) is 0 Å². The summed E-state index contributed by atoms with van der Waals surface area (Å²) in [5.41, 5.74) is 1.05. The maximum Gasteiger partial charge on any atom is 0.0836 e. The van der Waals surface area contributed by atoms with Gasteiger partial charge in [0.05, 0.1) is 12.7 Å². The molecule has 0 aliphatic heterocycles. The van der Waals surface area contributed by atoms with Crippen LogP contribution < -0.4 is 0 Å². The van der Waals surface area contributed by atoms with Crippen LogP contribution in [-0.2, 0) is 0 Å². The van der Waals surface area contributed by atoms with Gasteiger partial charge in [0.1, 0.15) is 0 Å². The van der Waals surface area contributed by atoms with Gasteiger partial charge in [-0.15, -0.1) is 0 Å². The van der Waals surface area contributed by atoms with Crippen LogP contribution in [0.4, 0.5) is 0 Å². The molecule has 66 valence electrons. The molecule has 0 unspecified atom stereocenters. The van der Waals surface area contributed by atoms with E-state index in [4.69, 9.17) is 5.11 Å². The van der Waals surface area contributed by atoms with Crippen LogP contribution in [0, 0.1) is 0 Å². The Hall–Kier alpha value is -0.860. The molecule has 0 radical (unpaired) electrons. The normalized spacial score (nSPS) is 15.6. The van der Waals surface area contributed by atoms with Gasteiger partial charge < -0.3 is 10.2 Å². The van der Waals surface area contributed by atoms with E-state index in [9.17, 15) is 5.11 Å². The zero-order chi connectivity index (χ0) is 8.97. The Kier molecular flexibility index (Phi) is 3.26. The van der Waals surface area contributed by atoms with E-state index in [1.165, 1.54) is 0 Å². The van der Waals surface area contributed by atoms with Crippen LogP contribution in [0.15, 0.2) is 30.3 Å². The van der Waals surface area contributed by atoms with Crippen molar-refractivity contribution in [3.8, 4) is 0 Å². The molecule has 0 saturated heterocycles. The van der Waals surface area contributed by atoms with Crippen LogP contribution in [0.5, 0.6) is 0 Å². The minimum absolute atomic E-state index is 0.00352. The van der Waals surface area contributed by atoms with E-state index in [0.717, 1.165) is 5.56 Å². The molecule has 0 aromatic heterocycles. The predicted molar refractivity (Wildman–Crippen MR) is 47.9 cm³/mol. The van der Waals surface area contributed by atoms with Crippen molar-refractivity contribution in [2.45, 2.75) is 18.9 Å². The Bertz CT molecular complexity index is 221. The summed E-state index contributed by atoms with van der Waals surface area (Å²) >= 11 is 0. The Balaban J connectivity index is 2.71. The van der Waals surface area contributed by atoms with Crippen LogP contribution >= 0.6 is 0 Å². The first-order valence-electron chi connectivity index (χ1n) is 4.09. The molecule has 2 nitrogen and oxygen atoms in total. The molecule has 0 bridgehead atoms. The summed E-state index contributed by atoms with van der Waals surface area (Å²) in [5.74, 6) is -0.00352. The molecule has 1 aromatic rings. The molecule has 0 spiro atoms. The number of aliphatic hydroxyl groups excluding tert-OH is 2. The average molecular weight is 166 g/mol. The second-order valence-electron chi connectivity index (χ2n) is 2.95. The van der Waals surface area contributed by atoms with Gasteiger partial charge in [-0.05, 0) is 5.56 Å². The van der Waals surface area contributed by atoms with Crippen LogP contribution in [0.3, 0.4) is 0 Å². The van der Waals surface area contributed by atoms with E-state index in [1.807, 2.05) is 37.3 Å². The van der Waals surface area contributed by atoms with Crippen LogP contribution in [-0.4, -0.2) is 22.9 Å². The molecule has 1 aromatic carbocycles. The van der Waals surface area contributed by atoms with Crippen LogP contribution in [0.25, 0.3) is 0 Å². The number of rotatable bonds is 3. The van der Waals surface area contributed by atoms with Crippen molar-refractivity contribution in [1.82, 2.24) is 0 Å². The first kappa shape index (κ1) is 9.23. The molecule has 12 heavy (non-hydrogen) atoms. The van der Waals surface area contributed by atoms with Gasteiger partial charge in [0.2, 0.25) is 0 Å². The maximum atomic E-state index is 9.33. The Morgan fingerprint density at radius 1 is 1.25 bits per heavy atom. The number of benzene rings is 1. The minimum Gasteiger partial charge on any atom is -0.394 e. The molecule has 2 N–H and O–H groups in total. The minimum atomic E-state index is -0.660. The quantitative estimate of drug-likeness (QED) is 0.707. The maximum absolute atomic E-state index is 9.33. The largest absolute Gasteiger partial charge is 0.394 e. The Labute approximate surface area is 72.5 Å². The molecule has 0 saturated carbocycles. The smallest absolute Gasteiger partial charge is 0.0836 e. The molecule has 0 fully saturated rings. The van der Waals surface area contributed by atoms with Crippen molar-refractivity contribution < 1.29 is 10.2 Å². The van der Waals surface area contributed by atoms with E-state index in [2.05, 4.69) is 0 Å². The summed E-state index contributed by atoms with van der Waals surface area (Å²) in [6, 6.07) is 9.68. The highest BCUT2D eigenvalue weighted by Gasteiger charge is 2.13. The molecule has 0 aliphatic carbocycles. The van der Waals surface area contributed by atoms with Gasteiger partial charge in [-0.2, -0.15) is 0 Å². The van der Waals surface area contributed by atoms with Crippen molar-refractivity contribution in [3.05, 3.63) is 35.9 Å².